The van der Waals surface area contributed by atoms with Crippen LogP contribution in [0.25, 0.3) is 0 Å². The first kappa shape index (κ1) is 20.7. The Morgan fingerprint density at radius 3 is 2.48 bits per heavy atom. The van der Waals surface area contributed by atoms with Crippen LogP contribution in [0.1, 0.15) is 58.1 Å². The molecule has 2 aromatic carbocycles. The van der Waals surface area contributed by atoms with Crippen molar-refractivity contribution in [3.8, 4) is 11.5 Å². The van der Waals surface area contributed by atoms with Gasteiger partial charge < -0.3 is 19.5 Å². The first-order chi connectivity index (χ1) is 15.0. The number of amides is 2. The molecule has 2 heterocycles. The SMILES string of the molecule is COc1ccc2c(c1OC)C(=O)N1c3ccccc3C(=O)N(CCCCCC(=O)O)C21. The van der Waals surface area contributed by atoms with E-state index < -0.39 is 12.1 Å². The zero-order chi connectivity index (χ0) is 22.1. The van der Waals surface area contributed by atoms with Crippen molar-refractivity contribution in [2.24, 2.45) is 0 Å². The molecule has 0 fully saturated rings. The molecule has 8 nitrogen and oxygen atoms in total. The van der Waals surface area contributed by atoms with Crippen molar-refractivity contribution in [3.63, 3.8) is 0 Å². The predicted molar refractivity (Wildman–Crippen MR) is 113 cm³/mol. The van der Waals surface area contributed by atoms with Crippen LogP contribution in [0.15, 0.2) is 36.4 Å². The minimum atomic E-state index is -0.828. The Labute approximate surface area is 180 Å². The first-order valence-corrected chi connectivity index (χ1v) is 10.2. The summed E-state index contributed by atoms with van der Waals surface area (Å²) >= 11 is 0. The largest absolute Gasteiger partial charge is 0.493 e. The Bertz CT molecular complexity index is 1050. The van der Waals surface area contributed by atoms with Crippen LogP contribution in [0, 0.1) is 0 Å². The number of nitrogens with zero attached hydrogens (tertiary/aromatic N) is 2. The van der Waals surface area contributed by atoms with Gasteiger partial charge in [0.2, 0.25) is 0 Å². The molecule has 0 saturated carbocycles. The molecule has 1 unspecified atom stereocenters. The lowest BCUT2D eigenvalue weighted by molar-refractivity contribution is -0.137. The van der Waals surface area contributed by atoms with E-state index in [9.17, 15) is 14.4 Å². The summed E-state index contributed by atoms with van der Waals surface area (Å²) in [5.74, 6) is -0.414. The number of aliphatic carboxylic acids is 1. The normalized spacial score (nSPS) is 16.6. The molecule has 8 heteroatoms. The maximum absolute atomic E-state index is 13.5. The first-order valence-electron chi connectivity index (χ1n) is 10.2. The molecule has 31 heavy (non-hydrogen) atoms. The molecule has 4 rings (SSSR count). The fourth-order valence-corrected chi connectivity index (χ4v) is 4.39. The van der Waals surface area contributed by atoms with Gasteiger partial charge in [-0.25, -0.2) is 0 Å². The van der Waals surface area contributed by atoms with Gasteiger partial charge >= 0.3 is 5.97 Å². The van der Waals surface area contributed by atoms with E-state index in [0.29, 0.717) is 59.7 Å². The van der Waals surface area contributed by atoms with Crippen LogP contribution in [0.5, 0.6) is 11.5 Å². The van der Waals surface area contributed by atoms with Gasteiger partial charge in [-0.3, -0.25) is 19.3 Å². The van der Waals surface area contributed by atoms with Gasteiger partial charge in [0.05, 0.1) is 31.0 Å². The number of ether oxygens (including phenoxy) is 2. The Kier molecular flexibility index (Phi) is 5.54. The van der Waals surface area contributed by atoms with Gasteiger partial charge in [-0.05, 0) is 31.0 Å². The van der Waals surface area contributed by atoms with Gasteiger partial charge in [0.15, 0.2) is 11.5 Å². The monoisotopic (exact) mass is 424 g/mol. The fraction of sp³-hybridized carbons (Fsp3) is 0.348. The molecule has 1 atom stereocenters. The number of hydrogen-bond donors (Lipinski definition) is 1. The number of carboxylic acids is 1. The minimum absolute atomic E-state index is 0.102. The summed E-state index contributed by atoms with van der Waals surface area (Å²) in [5.41, 5.74) is 2.13. The maximum Gasteiger partial charge on any atom is 0.303 e. The number of fused-ring (bicyclic) bond motifs is 5. The highest BCUT2D eigenvalue weighted by Crippen LogP contribution is 2.49. The van der Waals surface area contributed by atoms with Crippen molar-refractivity contribution in [2.45, 2.75) is 31.8 Å². The Morgan fingerprint density at radius 1 is 1.00 bits per heavy atom. The van der Waals surface area contributed by atoms with Crippen molar-refractivity contribution < 1.29 is 29.0 Å². The molecule has 2 aliphatic heterocycles. The predicted octanol–water partition coefficient (Wildman–Crippen LogP) is 3.46. The van der Waals surface area contributed by atoms with Gasteiger partial charge in [0.1, 0.15) is 6.17 Å². The molecule has 0 aromatic heterocycles. The molecule has 2 amide bonds. The van der Waals surface area contributed by atoms with E-state index in [-0.39, 0.29) is 18.2 Å². The third kappa shape index (κ3) is 3.37. The highest BCUT2D eigenvalue weighted by molar-refractivity contribution is 6.18. The van der Waals surface area contributed by atoms with E-state index in [4.69, 9.17) is 14.6 Å². The van der Waals surface area contributed by atoms with Crippen LogP contribution < -0.4 is 14.4 Å². The number of methoxy groups -OCH3 is 2. The van der Waals surface area contributed by atoms with Gasteiger partial charge in [0, 0.05) is 18.5 Å². The average molecular weight is 424 g/mol. The number of unbranched alkanes of at least 4 members (excludes halogenated alkanes) is 2. The van der Waals surface area contributed by atoms with Crippen molar-refractivity contribution in [2.75, 3.05) is 25.7 Å². The van der Waals surface area contributed by atoms with E-state index in [1.54, 1.807) is 46.2 Å². The summed E-state index contributed by atoms with van der Waals surface area (Å²) in [7, 11) is 3.00. The second-order valence-electron chi connectivity index (χ2n) is 7.53. The summed E-state index contributed by atoms with van der Waals surface area (Å²) in [6.45, 7) is 0.412. The second kappa shape index (κ2) is 8.29. The maximum atomic E-state index is 13.5. The summed E-state index contributed by atoms with van der Waals surface area (Å²) in [5, 5.41) is 8.84. The smallest absolute Gasteiger partial charge is 0.303 e. The lowest BCUT2D eigenvalue weighted by Gasteiger charge is -2.41. The average Bonchev–Trinajstić information content (AvgIpc) is 3.07. The van der Waals surface area contributed by atoms with Gasteiger partial charge in [-0.1, -0.05) is 24.6 Å². The van der Waals surface area contributed by atoms with Crippen LogP contribution in [0.4, 0.5) is 5.69 Å². The lowest BCUT2D eigenvalue weighted by atomic mass is 10.0. The lowest BCUT2D eigenvalue weighted by Crippen LogP contribution is -2.48. The molecule has 2 aromatic rings. The number of carbonyl (C=O) groups excluding carboxylic acids is 2. The van der Waals surface area contributed by atoms with Gasteiger partial charge in [0.25, 0.3) is 11.8 Å². The number of carboxylic acid groups (broad SMARTS) is 1. The Balaban J connectivity index is 1.74. The third-order valence-corrected chi connectivity index (χ3v) is 5.77. The number of carbonyl (C=O) groups is 3. The molecule has 0 saturated heterocycles. The zero-order valence-electron chi connectivity index (χ0n) is 17.5. The van der Waals surface area contributed by atoms with Gasteiger partial charge in [-0.2, -0.15) is 0 Å². The molecule has 2 aliphatic rings. The molecule has 0 bridgehead atoms. The van der Waals surface area contributed by atoms with E-state index in [0.717, 1.165) is 0 Å². The Hall–Kier alpha value is -3.55. The van der Waals surface area contributed by atoms with Crippen molar-refractivity contribution in [1.82, 2.24) is 4.90 Å². The number of anilines is 1. The number of para-hydroxylation sites is 1. The van der Waals surface area contributed by atoms with E-state index in [1.807, 2.05) is 0 Å². The van der Waals surface area contributed by atoms with Crippen LogP contribution in [0.3, 0.4) is 0 Å². The third-order valence-electron chi connectivity index (χ3n) is 5.77. The summed E-state index contributed by atoms with van der Waals surface area (Å²) in [6, 6.07) is 10.6. The van der Waals surface area contributed by atoms with Gasteiger partial charge in [-0.15, -0.1) is 0 Å². The molecule has 0 spiro atoms. The fourth-order valence-electron chi connectivity index (χ4n) is 4.39. The van der Waals surface area contributed by atoms with Crippen molar-refractivity contribution in [3.05, 3.63) is 53.1 Å². The van der Waals surface area contributed by atoms with Crippen LogP contribution in [-0.2, 0) is 4.79 Å². The molecule has 1 N–H and O–H groups in total. The standard InChI is InChI=1S/C23H24N2O6/c1-30-17-12-11-15-19(20(17)31-2)23(29)25-16-9-6-5-8-14(16)22(28)24(21(15)25)13-7-3-4-10-18(26)27/h5-6,8-9,11-12,21H,3-4,7,10,13H2,1-2H3,(H,26,27). The quantitative estimate of drug-likeness (QED) is 0.652. The Morgan fingerprint density at radius 2 is 1.77 bits per heavy atom. The number of benzene rings is 2. The molecule has 162 valence electrons. The van der Waals surface area contributed by atoms with Crippen LogP contribution in [-0.4, -0.2) is 48.6 Å². The van der Waals surface area contributed by atoms with E-state index in [1.165, 1.54) is 14.2 Å². The summed E-state index contributed by atoms with van der Waals surface area (Å²) in [4.78, 5) is 41.0. The molecular weight excluding hydrogens is 400 g/mol. The number of rotatable bonds is 8. The highest BCUT2D eigenvalue weighted by atomic mass is 16.5. The zero-order valence-corrected chi connectivity index (χ0v) is 17.5. The van der Waals surface area contributed by atoms with E-state index in [2.05, 4.69) is 0 Å². The van der Waals surface area contributed by atoms with Crippen molar-refractivity contribution >= 4 is 23.5 Å². The molecular formula is C23H24N2O6. The van der Waals surface area contributed by atoms with Crippen LogP contribution >= 0.6 is 0 Å². The topological polar surface area (TPSA) is 96.4 Å². The number of hydrogen-bond acceptors (Lipinski definition) is 5. The van der Waals surface area contributed by atoms with E-state index >= 15 is 0 Å². The molecule has 0 radical (unpaired) electrons. The van der Waals surface area contributed by atoms with Crippen molar-refractivity contribution in [1.29, 1.82) is 0 Å². The van der Waals surface area contributed by atoms with Crippen LogP contribution in [0.2, 0.25) is 0 Å². The summed E-state index contributed by atoms with van der Waals surface area (Å²) in [6.07, 6.45) is 1.39. The second-order valence-corrected chi connectivity index (χ2v) is 7.53. The highest BCUT2D eigenvalue weighted by Gasteiger charge is 2.49. The minimum Gasteiger partial charge on any atom is -0.493 e. The summed E-state index contributed by atoms with van der Waals surface area (Å²) < 4.78 is 10.9. The molecule has 0 aliphatic carbocycles.